The summed E-state index contributed by atoms with van der Waals surface area (Å²) in [6.07, 6.45) is 9.42. The van der Waals surface area contributed by atoms with E-state index in [4.69, 9.17) is 28.4 Å². The van der Waals surface area contributed by atoms with Gasteiger partial charge in [-0.25, -0.2) is 0 Å². The monoisotopic (exact) mass is 726 g/mol. The van der Waals surface area contributed by atoms with Crippen molar-refractivity contribution >= 4 is 0 Å². The lowest BCUT2D eigenvalue weighted by Crippen LogP contribution is -2.22. The fourth-order valence-corrected chi connectivity index (χ4v) is 7.71. The van der Waals surface area contributed by atoms with Gasteiger partial charge in [-0.15, -0.1) is 0 Å². The summed E-state index contributed by atoms with van der Waals surface area (Å²) >= 11 is 0. The minimum Gasteiger partial charge on any atom is -0.493 e. The summed E-state index contributed by atoms with van der Waals surface area (Å²) in [5.74, 6) is 1.48. The Kier molecular flexibility index (Phi) is 13.5. The predicted molar refractivity (Wildman–Crippen MR) is 213 cm³/mol. The van der Waals surface area contributed by atoms with E-state index in [-0.39, 0.29) is 12.6 Å². The minimum absolute atomic E-state index is 0.113. The van der Waals surface area contributed by atoms with Crippen molar-refractivity contribution in [2.45, 2.75) is 90.0 Å². The molecule has 0 saturated carbocycles. The van der Waals surface area contributed by atoms with Crippen molar-refractivity contribution in [3.8, 4) is 11.5 Å². The number of rotatable bonds is 16. The largest absolute Gasteiger partial charge is 0.493 e. The molecule has 5 aromatic carbocycles. The molecule has 0 amide bonds. The molecule has 6 heteroatoms. The number of hydrogen-bond acceptors (Lipinski definition) is 6. The van der Waals surface area contributed by atoms with Crippen LogP contribution in [0.2, 0.25) is 0 Å². The normalized spacial score (nSPS) is 17.3. The average Bonchev–Trinajstić information content (AvgIpc) is 3.22. The van der Waals surface area contributed by atoms with Gasteiger partial charge in [0, 0.05) is 13.2 Å². The standard InChI is InChI=1S/C48H54O6/c1-49-45-31-43(29-37-17-5-3-15-35(37)27-39-19-7-9-21-41(39)33-53-47-23-11-13-25-51-47)44(32-46(45)50-2)30-38-18-6-4-16-36(38)28-40-20-8-10-22-42(40)34-54-48-24-12-14-26-52-48/h3-10,15-22,31-32,47-48H,11-14,23-30,33-34H2,1-2H3. The summed E-state index contributed by atoms with van der Waals surface area (Å²) < 4.78 is 35.9. The molecule has 0 N–H and O–H groups in total. The van der Waals surface area contributed by atoms with E-state index in [1.54, 1.807) is 14.2 Å². The van der Waals surface area contributed by atoms with E-state index >= 15 is 0 Å². The highest BCUT2D eigenvalue weighted by Crippen LogP contribution is 2.34. The van der Waals surface area contributed by atoms with Crippen LogP contribution in [0.25, 0.3) is 0 Å². The molecule has 0 spiro atoms. The minimum atomic E-state index is -0.113. The summed E-state index contributed by atoms with van der Waals surface area (Å²) in [5.41, 5.74) is 12.6. The second kappa shape index (κ2) is 19.2. The van der Waals surface area contributed by atoms with Crippen LogP contribution in [0.3, 0.4) is 0 Å². The topological polar surface area (TPSA) is 55.4 Å². The van der Waals surface area contributed by atoms with E-state index in [1.807, 2.05) is 0 Å². The number of benzene rings is 5. The molecule has 2 saturated heterocycles. The van der Waals surface area contributed by atoms with Crippen LogP contribution in [0, 0.1) is 0 Å². The molecule has 282 valence electrons. The highest BCUT2D eigenvalue weighted by Gasteiger charge is 2.19. The number of methoxy groups -OCH3 is 2. The van der Waals surface area contributed by atoms with Crippen LogP contribution < -0.4 is 9.47 Å². The molecule has 2 heterocycles. The summed E-state index contributed by atoms with van der Waals surface area (Å²) in [6.45, 7) is 2.66. The summed E-state index contributed by atoms with van der Waals surface area (Å²) in [4.78, 5) is 0. The molecule has 2 unspecified atom stereocenters. The molecule has 7 rings (SSSR count). The second-order valence-electron chi connectivity index (χ2n) is 14.5. The SMILES string of the molecule is COc1cc(Cc2ccccc2Cc2ccccc2COC2CCCCO2)c(Cc2ccccc2Cc2ccccc2COC2CCCCO2)cc1OC. The highest BCUT2D eigenvalue weighted by molar-refractivity contribution is 5.52. The maximum atomic E-state index is 6.22. The first-order valence-corrected chi connectivity index (χ1v) is 19.6. The van der Waals surface area contributed by atoms with E-state index in [9.17, 15) is 0 Å². The second-order valence-corrected chi connectivity index (χ2v) is 14.5. The first-order valence-electron chi connectivity index (χ1n) is 19.6. The van der Waals surface area contributed by atoms with Gasteiger partial charge in [-0.3, -0.25) is 0 Å². The number of hydrogen-bond donors (Lipinski definition) is 0. The van der Waals surface area contributed by atoms with E-state index in [1.165, 1.54) is 55.6 Å². The lowest BCUT2D eigenvalue weighted by molar-refractivity contribution is -0.169. The number of ether oxygens (including phenoxy) is 6. The van der Waals surface area contributed by atoms with Gasteiger partial charge in [0.15, 0.2) is 24.1 Å². The first-order chi connectivity index (χ1) is 26.7. The van der Waals surface area contributed by atoms with Crippen LogP contribution in [0.15, 0.2) is 109 Å². The van der Waals surface area contributed by atoms with Gasteiger partial charge in [-0.1, -0.05) is 97.1 Å². The van der Waals surface area contributed by atoms with E-state index in [2.05, 4.69) is 109 Å². The van der Waals surface area contributed by atoms with Crippen molar-refractivity contribution in [1.82, 2.24) is 0 Å². The predicted octanol–water partition coefficient (Wildman–Crippen LogP) is 10.2. The van der Waals surface area contributed by atoms with Crippen molar-refractivity contribution in [2.75, 3.05) is 27.4 Å². The van der Waals surface area contributed by atoms with Crippen LogP contribution in [-0.4, -0.2) is 40.0 Å². The van der Waals surface area contributed by atoms with E-state index in [0.717, 1.165) is 88.9 Å². The van der Waals surface area contributed by atoms with Gasteiger partial charge in [0.2, 0.25) is 0 Å². The zero-order chi connectivity index (χ0) is 37.0. The van der Waals surface area contributed by atoms with Crippen LogP contribution in [0.5, 0.6) is 11.5 Å². The zero-order valence-corrected chi connectivity index (χ0v) is 31.9. The third-order valence-corrected chi connectivity index (χ3v) is 10.8. The highest BCUT2D eigenvalue weighted by atomic mass is 16.7. The van der Waals surface area contributed by atoms with E-state index < -0.39 is 0 Å². The zero-order valence-electron chi connectivity index (χ0n) is 31.9. The lowest BCUT2D eigenvalue weighted by atomic mass is 9.88. The molecule has 0 radical (unpaired) electrons. The molecule has 2 fully saturated rings. The summed E-state index contributed by atoms with van der Waals surface area (Å²) in [6, 6.07) is 39.2. The molecule has 0 aromatic heterocycles. The molecular formula is C48H54O6. The fourth-order valence-electron chi connectivity index (χ4n) is 7.71. The van der Waals surface area contributed by atoms with Crippen molar-refractivity contribution < 1.29 is 28.4 Å². The van der Waals surface area contributed by atoms with Crippen LogP contribution in [-0.2, 0) is 57.8 Å². The Balaban J connectivity index is 1.13. The third-order valence-electron chi connectivity index (χ3n) is 10.8. The van der Waals surface area contributed by atoms with Gasteiger partial charge in [0.05, 0.1) is 27.4 Å². The van der Waals surface area contributed by atoms with Gasteiger partial charge < -0.3 is 28.4 Å². The Bertz CT molecular complexity index is 1800. The van der Waals surface area contributed by atoms with Crippen molar-refractivity contribution in [1.29, 1.82) is 0 Å². The molecule has 2 aliphatic heterocycles. The lowest BCUT2D eigenvalue weighted by Gasteiger charge is -2.23. The van der Waals surface area contributed by atoms with Crippen LogP contribution in [0.4, 0.5) is 0 Å². The molecule has 0 aliphatic carbocycles. The van der Waals surface area contributed by atoms with Gasteiger partial charge >= 0.3 is 0 Å². The molecule has 5 aromatic rings. The Morgan fingerprint density at radius 1 is 0.426 bits per heavy atom. The molecule has 54 heavy (non-hydrogen) atoms. The Morgan fingerprint density at radius 3 is 1.06 bits per heavy atom. The van der Waals surface area contributed by atoms with Crippen molar-refractivity contribution in [3.05, 3.63) is 165 Å². The van der Waals surface area contributed by atoms with Crippen LogP contribution in [0.1, 0.15) is 94.2 Å². The third kappa shape index (κ3) is 9.99. The van der Waals surface area contributed by atoms with Gasteiger partial charge in [0.1, 0.15) is 0 Å². The maximum absolute atomic E-state index is 6.22. The molecule has 2 aliphatic rings. The van der Waals surface area contributed by atoms with Gasteiger partial charge in [-0.05, 0) is 132 Å². The van der Waals surface area contributed by atoms with Gasteiger partial charge in [0.25, 0.3) is 0 Å². The summed E-state index contributed by atoms with van der Waals surface area (Å²) in [7, 11) is 3.42. The average molecular weight is 727 g/mol. The maximum Gasteiger partial charge on any atom is 0.161 e. The summed E-state index contributed by atoms with van der Waals surface area (Å²) in [5, 5.41) is 0. The fraction of sp³-hybridized carbons (Fsp3) is 0.375. The smallest absolute Gasteiger partial charge is 0.161 e. The Labute approximate surface area is 321 Å². The molecule has 6 nitrogen and oxygen atoms in total. The van der Waals surface area contributed by atoms with Gasteiger partial charge in [-0.2, -0.15) is 0 Å². The Morgan fingerprint density at radius 2 is 0.741 bits per heavy atom. The van der Waals surface area contributed by atoms with E-state index in [0.29, 0.717) is 13.2 Å². The first kappa shape index (κ1) is 37.8. The molecule has 0 bridgehead atoms. The molecule has 2 atom stereocenters. The van der Waals surface area contributed by atoms with Crippen molar-refractivity contribution in [3.63, 3.8) is 0 Å². The quantitative estimate of drug-likeness (QED) is 0.101. The van der Waals surface area contributed by atoms with Crippen molar-refractivity contribution in [2.24, 2.45) is 0 Å². The Hall–Kier alpha value is -4.46. The van der Waals surface area contributed by atoms with Crippen LogP contribution >= 0.6 is 0 Å². The molecular weight excluding hydrogens is 673 g/mol.